The molecule has 0 unspecified atom stereocenters. The monoisotopic (exact) mass is 460 g/mol. The van der Waals surface area contributed by atoms with Crippen molar-refractivity contribution in [1.29, 1.82) is 0 Å². The molecule has 2 saturated heterocycles. The molecule has 0 aliphatic carbocycles. The molecule has 2 aliphatic heterocycles. The lowest BCUT2D eigenvalue weighted by Crippen LogP contribution is -2.43. The second kappa shape index (κ2) is 9.05. The molecule has 1 aromatic heterocycles. The predicted octanol–water partition coefficient (Wildman–Crippen LogP) is 4.91. The Morgan fingerprint density at radius 1 is 1.12 bits per heavy atom. The van der Waals surface area contributed by atoms with Crippen LogP contribution in [-0.2, 0) is 12.7 Å². The van der Waals surface area contributed by atoms with Crippen LogP contribution >= 0.6 is 0 Å². The quantitative estimate of drug-likeness (QED) is 0.644. The second-order valence-corrected chi connectivity index (χ2v) is 8.63. The predicted molar refractivity (Wildman–Crippen MR) is 108 cm³/mol. The zero-order valence-electron chi connectivity index (χ0n) is 17.6. The summed E-state index contributed by atoms with van der Waals surface area (Å²) >= 11 is 0. The third-order valence-corrected chi connectivity index (χ3v) is 6.21. The van der Waals surface area contributed by atoms with Gasteiger partial charge < -0.3 is 9.88 Å². The van der Waals surface area contributed by atoms with Gasteiger partial charge in [0.05, 0.1) is 17.8 Å². The summed E-state index contributed by atoms with van der Waals surface area (Å²) < 4.78 is 82.6. The molecule has 0 saturated carbocycles. The largest absolute Gasteiger partial charge is 0.419 e. The summed E-state index contributed by atoms with van der Waals surface area (Å²) in [5, 5.41) is 3.27. The minimum Gasteiger partial charge on any atom is -0.333 e. The highest BCUT2D eigenvalue weighted by Gasteiger charge is 2.36. The molecule has 1 aromatic carbocycles. The second-order valence-electron chi connectivity index (χ2n) is 8.63. The molecular weight excluding hydrogens is 434 g/mol. The van der Waals surface area contributed by atoms with Gasteiger partial charge >= 0.3 is 6.18 Å². The Morgan fingerprint density at radius 3 is 2.56 bits per heavy atom. The van der Waals surface area contributed by atoms with Crippen LogP contribution in [0, 0.1) is 5.82 Å². The van der Waals surface area contributed by atoms with Gasteiger partial charge in [0.25, 0.3) is 5.92 Å². The van der Waals surface area contributed by atoms with Crippen molar-refractivity contribution in [3.05, 3.63) is 41.6 Å². The highest BCUT2D eigenvalue weighted by molar-refractivity contribution is 5.60. The molecule has 176 valence electrons. The molecule has 0 amide bonds. The highest BCUT2D eigenvalue weighted by atomic mass is 19.4. The zero-order chi connectivity index (χ0) is 22.9. The maximum Gasteiger partial charge on any atom is 0.419 e. The molecule has 2 aliphatic rings. The maximum absolute atomic E-state index is 13.8. The van der Waals surface area contributed by atoms with Gasteiger partial charge in [-0.15, -0.1) is 0 Å². The molecule has 4 nitrogen and oxygen atoms in total. The van der Waals surface area contributed by atoms with Crippen LogP contribution in [0.5, 0.6) is 0 Å². The van der Waals surface area contributed by atoms with Crippen molar-refractivity contribution in [1.82, 2.24) is 19.8 Å². The van der Waals surface area contributed by atoms with Gasteiger partial charge in [-0.25, -0.2) is 18.2 Å². The van der Waals surface area contributed by atoms with Gasteiger partial charge in [-0.05, 0) is 57.1 Å². The van der Waals surface area contributed by atoms with E-state index >= 15 is 0 Å². The van der Waals surface area contributed by atoms with Crippen molar-refractivity contribution in [2.24, 2.45) is 0 Å². The number of likely N-dealkylation sites (tertiary alicyclic amines) is 1. The Bertz CT molecular complexity index is 933. The average Bonchev–Trinajstić information content (AvgIpc) is 3.16. The van der Waals surface area contributed by atoms with E-state index in [0.717, 1.165) is 43.9 Å². The van der Waals surface area contributed by atoms with Gasteiger partial charge in [-0.2, -0.15) is 13.2 Å². The molecule has 0 radical (unpaired) electrons. The first-order valence-electron chi connectivity index (χ1n) is 10.9. The Labute approximate surface area is 182 Å². The molecule has 10 heteroatoms. The van der Waals surface area contributed by atoms with E-state index in [1.807, 2.05) is 4.57 Å². The number of aromatic nitrogens is 2. The number of benzene rings is 1. The molecule has 4 rings (SSSR count). The number of nitrogens with zero attached hydrogens (tertiary/aromatic N) is 3. The standard InChI is InChI=1S/C22H26F6N4/c23-18-3-2-16(12-17(18)22(26,27)28)19-13-32(20(30-19)15-4-7-29-8-5-15)11-10-31-9-1-6-21(24,25)14-31/h2-3,12-13,15,29H,1,4-11,14H2. The van der Waals surface area contributed by atoms with E-state index in [1.165, 1.54) is 6.07 Å². The number of halogens is 6. The lowest BCUT2D eigenvalue weighted by Gasteiger charge is -2.32. The van der Waals surface area contributed by atoms with Crippen LogP contribution in [0.25, 0.3) is 11.3 Å². The fourth-order valence-electron chi connectivity index (χ4n) is 4.54. The summed E-state index contributed by atoms with van der Waals surface area (Å²) in [5.74, 6) is -3.16. The lowest BCUT2D eigenvalue weighted by molar-refractivity contribution is -0.139. The summed E-state index contributed by atoms with van der Waals surface area (Å²) in [7, 11) is 0. The lowest BCUT2D eigenvalue weighted by atomic mass is 9.97. The van der Waals surface area contributed by atoms with E-state index in [0.29, 0.717) is 31.7 Å². The Balaban J connectivity index is 1.61. The zero-order valence-corrected chi connectivity index (χ0v) is 17.6. The van der Waals surface area contributed by atoms with E-state index in [2.05, 4.69) is 10.3 Å². The van der Waals surface area contributed by atoms with E-state index in [-0.39, 0.29) is 24.4 Å². The molecule has 1 N–H and O–H groups in total. The van der Waals surface area contributed by atoms with Crippen molar-refractivity contribution in [2.75, 3.05) is 32.7 Å². The Morgan fingerprint density at radius 2 is 1.88 bits per heavy atom. The van der Waals surface area contributed by atoms with E-state index in [1.54, 1.807) is 11.1 Å². The van der Waals surface area contributed by atoms with Crippen LogP contribution in [-0.4, -0.2) is 53.1 Å². The summed E-state index contributed by atoms with van der Waals surface area (Å²) in [6, 6.07) is 2.87. The number of alkyl halides is 5. The van der Waals surface area contributed by atoms with Crippen LogP contribution in [0.3, 0.4) is 0 Å². The topological polar surface area (TPSA) is 33.1 Å². The van der Waals surface area contributed by atoms with Gasteiger partial charge in [0, 0.05) is 37.2 Å². The third-order valence-electron chi connectivity index (χ3n) is 6.21. The van der Waals surface area contributed by atoms with E-state index in [4.69, 9.17) is 0 Å². The Hall–Kier alpha value is -2.07. The third kappa shape index (κ3) is 5.28. The molecular formula is C22H26F6N4. The number of nitrogens with one attached hydrogen (secondary N) is 1. The number of piperidine rings is 2. The minimum atomic E-state index is -4.81. The summed E-state index contributed by atoms with van der Waals surface area (Å²) in [4.78, 5) is 6.35. The normalized spacial score (nSPS) is 20.6. The molecule has 2 aromatic rings. The molecule has 32 heavy (non-hydrogen) atoms. The fraction of sp³-hybridized carbons (Fsp3) is 0.591. The summed E-state index contributed by atoms with van der Waals surface area (Å²) in [6.07, 6.45) is -1.16. The summed E-state index contributed by atoms with van der Waals surface area (Å²) in [5.41, 5.74) is -0.825. The molecule has 0 atom stereocenters. The van der Waals surface area contributed by atoms with Crippen molar-refractivity contribution in [3.63, 3.8) is 0 Å². The SMILES string of the molecule is Fc1ccc(-c2cn(CCN3CCCC(F)(F)C3)c(C3CCNCC3)n2)cc1C(F)(F)F. The van der Waals surface area contributed by atoms with Gasteiger partial charge in [0.2, 0.25) is 0 Å². The van der Waals surface area contributed by atoms with Crippen molar-refractivity contribution < 1.29 is 26.3 Å². The van der Waals surface area contributed by atoms with E-state index < -0.39 is 23.5 Å². The number of hydrogen-bond acceptors (Lipinski definition) is 3. The maximum atomic E-state index is 13.8. The first kappa shape index (κ1) is 23.1. The average molecular weight is 460 g/mol. The van der Waals surface area contributed by atoms with Crippen molar-refractivity contribution >= 4 is 0 Å². The van der Waals surface area contributed by atoms with Crippen LogP contribution in [0.1, 0.15) is 43.0 Å². The van der Waals surface area contributed by atoms with Gasteiger partial charge in [-0.1, -0.05) is 0 Å². The van der Waals surface area contributed by atoms with Gasteiger partial charge in [-0.3, -0.25) is 4.90 Å². The van der Waals surface area contributed by atoms with Crippen molar-refractivity contribution in [2.45, 2.75) is 50.2 Å². The first-order valence-corrected chi connectivity index (χ1v) is 10.9. The number of hydrogen-bond donors (Lipinski definition) is 1. The van der Waals surface area contributed by atoms with Crippen molar-refractivity contribution in [3.8, 4) is 11.3 Å². The van der Waals surface area contributed by atoms with Crippen LogP contribution in [0.2, 0.25) is 0 Å². The number of rotatable bonds is 5. The molecule has 0 spiro atoms. The fourth-order valence-corrected chi connectivity index (χ4v) is 4.54. The first-order chi connectivity index (χ1) is 15.1. The Kier molecular flexibility index (Phi) is 6.53. The molecule has 2 fully saturated rings. The van der Waals surface area contributed by atoms with Crippen LogP contribution in [0.15, 0.2) is 24.4 Å². The highest BCUT2D eigenvalue weighted by Crippen LogP contribution is 2.35. The summed E-state index contributed by atoms with van der Waals surface area (Å²) in [6.45, 7) is 2.73. The molecule has 3 heterocycles. The minimum absolute atomic E-state index is 0.106. The van der Waals surface area contributed by atoms with Gasteiger partial charge in [0.15, 0.2) is 0 Å². The van der Waals surface area contributed by atoms with Gasteiger partial charge in [0.1, 0.15) is 11.6 Å². The van der Waals surface area contributed by atoms with Crippen LogP contribution < -0.4 is 5.32 Å². The number of imidazole rings is 1. The van der Waals surface area contributed by atoms with Crippen LogP contribution in [0.4, 0.5) is 26.3 Å². The molecule has 0 bridgehead atoms. The smallest absolute Gasteiger partial charge is 0.333 e. The van der Waals surface area contributed by atoms with E-state index in [9.17, 15) is 26.3 Å².